The zero-order valence-electron chi connectivity index (χ0n) is 29.8. The Bertz CT molecular complexity index is 2320. The summed E-state index contributed by atoms with van der Waals surface area (Å²) in [6.07, 6.45) is -7.21. The Balaban J connectivity index is 1.48. The average molecular weight is 793 g/mol. The lowest BCUT2D eigenvalue weighted by Crippen LogP contribution is -2.35. The van der Waals surface area contributed by atoms with Crippen molar-refractivity contribution in [3.8, 4) is 23.0 Å². The van der Waals surface area contributed by atoms with Crippen molar-refractivity contribution in [3.63, 3.8) is 0 Å². The predicted octanol–water partition coefficient (Wildman–Crippen LogP) is 7.07. The fourth-order valence-corrected chi connectivity index (χ4v) is 6.59. The molecule has 1 aliphatic rings. The molecule has 1 amide bonds. The highest BCUT2D eigenvalue weighted by molar-refractivity contribution is 5.81. The number of halogens is 9. The summed E-state index contributed by atoms with van der Waals surface area (Å²) in [7, 11) is 0. The molecule has 0 saturated carbocycles. The van der Waals surface area contributed by atoms with Crippen LogP contribution in [0.5, 0.6) is 0 Å². The van der Waals surface area contributed by atoms with E-state index in [9.17, 15) is 40.6 Å². The number of anilines is 1. The molecule has 0 radical (unpaired) electrons. The molecular weight excluding hydrogens is 759 g/mol. The zero-order valence-corrected chi connectivity index (χ0v) is 29.8. The van der Waals surface area contributed by atoms with Crippen LogP contribution in [0.15, 0.2) is 48.7 Å². The number of fused-ring (bicyclic) bond motifs is 2. The van der Waals surface area contributed by atoms with Crippen LogP contribution in [0.1, 0.15) is 73.6 Å². The molecule has 296 valence electrons. The van der Waals surface area contributed by atoms with Crippen molar-refractivity contribution in [1.82, 2.24) is 34.7 Å². The monoisotopic (exact) mass is 792 g/mol. The molecule has 0 fully saturated rings. The summed E-state index contributed by atoms with van der Waals surface area (Å²) >= 11 is 0. The van der Waals surface area contributed by atoms with E-state index in [1.54, 1.807) is 0 Å². The summed E-state index contributed by atoms with van der Waals surface area (Å²) < 4.78 is 129. The number of hydrogen-bond acceptors (Lipinski definition) is 7. The van der Waals surface area contributed by atoms with E-state index < -0.39 is 78.1 Å². The number of benzene rings is 1. The van der Waals surface area contributed by atoms with Crippen molar-refractivity contribution in [3.05, 3.63) is 94.2 Å². The van der Waals surface area contributed by atoms with E-state index in [4.69, 9.17) is 0 Å². The van der Waals surface area contributed by atoms with Gasteiger partial charge >= 0.3 is 6.18 Å². The highest BCUT2D eigenvalue weighted by Gasteiger charge is 2.52. The van der Waals surface area contributed by atoms with Crippen LogP contribution < -0.4 is 10.6 Å². The summed E-state index contributed by atoms with van der Waals surface area (Å²) in [5.74, 6) is -2.80. The third-order valence-corrected chi connectivity index (χ3v) is 8.97. The number of carbonyl (C=O) groups excluding carboxylic acids is 1. The van der Waals surface area contributed by atoms with Crippen LogP contribution in [0, 0.1) is 29.4 Å². The molecule has 0 bridgehead atoms. The van der Waals surface area contributed by atoms with Gasteiger partial charge in [0.1, 0.15) is 47.4 Å². The summed E-state index contributed by atoms with van der Waals surface area (Å²) in [5, 5.41) is 26.6. The number of alkyl halides is 7. The third-order valence-electron chi connectivity index (χ3n) is 8.97. The van der Waals surface area contributed by atoms with Gasteiger partial charge in [-0.15, -0.1) is 10.2 Å². The number of nitrogens with zero attached hydrogens (tertiary/aromatic N) is 6. The lowest BCUT2D eigenvalue weighted by Gasteiger charge is -2.23. The summed E-state index contributed by atoms with van der Waals surface area (Å²) in [6.45, 7) is 1.91. The fourth-order valence-electron chi connectivity index (χ4n) is 6.59. The third kappa shape index (κ3) is 8.59. The zero-order chi connectivity index (χ0) is 40.7. The lowest BCUT2D eigenvalue weighted by molar-refractivity contribution is -0.123. The SMILES string of the molecule is CCC1Cc2c(C(F)F)nn(CC(=O)NC(Cc3cc(F)cc(F)c3)c3nc(C#CC(C)(C)O)ccc3-c3cccn4c(NCC(F)(F)F)nnc34)c2C1(F)F. The van der Waals surface area contributed by atoms with Crippen LogP contribution >= 0.6 is 0 Å². The molecule has 19 heteroatoms. The second-order valence-electron chi connectivity index (χ2n) is 13.8. The molecule has 4 heterocycles. The second kappa shape index (κ2) is 15.1. The molecule has 1 aliphatic carbocycles. The van der Waals surface area contributed by atoms with Gasteiger partial charge in [-0.05, 0) is 81.0 Å². The number of nitrogens with one attached hydrogen (secondary N) is 2. The molecule has 2 atom stereocenters. The molecule has 1 aromatic carbocycles. The topological polar surface area (TPSA) is 122 Å². The van der Waals surface area contributed by atoms with Crippen molar-refractivity contribution in [1.29, 1.82) is 0 Å². The van der Waals surface area contributed by atoms with E-state index in [1.165, 1.54) is 55.6 Å². The normalized spacial score (nSPS) is 15.8. The number of amides is 1. The summed E-state index contributed by atoms with van der Waals surface area (Å²) in [6, 6.07) is 7.13. The largest absolute Gasteiger partial charge is 0.405 e. The fraction of sp³-hybridized carbons (Fsp3) is 0.378. The van der Waals surface area contributed by atoms with Gasteiger partial charge in [0.15, 0.2) is 5.65 Å². The Morgan fingerprint density at radius 3 is 2.41 bits per heavy atom. The molecule has 0 spiro atoms. The van der Waals surface area contributed by atoms with Gasteiger partial charge < -0.3 is 15.7 Å². The van der Waals surface area contributed by atoms with Crippen LogP contribution in [-0.4, -0.2) is 58.7 Å². The van der Waals surface area contributed by atoms with Crippen molar-refractivity contribution in [2.45, 2.75) is 76.7 Å². The van der Waals surface area contributed by atoms with E-state index >= 15 is 8.78 Å². The van der Waals surface area contributed by atoms with E-state index in [2.05, 4.69) is 42.8 Å². The highest BCUT2D eigenvalue weighted by Crippen LogP contribution is 2.49. The molecular formula is C37H33F9N8O2. The van der Waals surface area contributed by atoms with Gasteiger partial charge in [-0.25, -0.2) is 22.5 Å². The Labute approximate surface area is 313 Å². The molecule has 6 rings (SSSR count). The number of rotatable bonds is 11. The Morgan fingerprint density at radius 1 is 1.05 bits per heavy atom. The van der Waals surface area contributed by atoms with E-state index in [0.717, 1.165) is 12.1 Å². The minimum Gasteiger partial charge on any atom is -0.378 e. The first-order valence-corrected chi connectivity index (χ1v) is 17.2. The van der Waals surface area contributed by atoms with Gasteiger partial charge in [-0.3, -0.25) is 13.9 Å². The maximum atomic E-state index is 15.5. The molecule has 5 aromatic rings. The summed E-state index contributed by atoms with van der Waals surface area (Å²) in [5.41, 5.74) is -3.09. The smallest absolute Gasteiger partial charge is 0.378 e. The van der Waals surface area contributed by atoms with Gasteiger partial charge in [0.2, 0.25) is 11.9 Å². The minimum atomic E-state index is -4.59. The second-order valence-corrected chi connectivity index (χ2v) is 13.8. The quantitative estimate of drug-likeness (QED) is 0.0967. The Hall–Kier alpha value is -5.64. The number of carbonyl (C=O) groups is 1. The van der Waals surface area contributed by atoms with Crippen molar-refractivity contribution >= 4 is 17.5 Å². The van der Waals surface area contributed by atoms with Gasteiger partial charge in [0, 0.05) is 34.9 Å². The molecule has 4 aromatic heterocycles. The average Bonchev–Trinajstić information content (AvgIpc) is 3.76. The molecule has 3 N–H and O–H groups in total. The highest BCUT2D eigenvalue weighted by atomic mass is 19.4. The maximum absolute atomic E-state index is 15.5. The number of hydrogen-bond donors (Lipinski definition) is 3. The number of aliphatic hydroxyl groups is 1. The molecule has 2 unspecified atom stereocenters. The van der Waals surface area contributed by atoms with Gasteiger partial charge in [-0.1, -0.05) is 12.8 Å². The predicted molar refractivity (Wildman–Crippen MR) is 183 cm³/mol. The van der Waals surface area contributed by atoms with Crippen molar-refractivity contribution in [2.75, 3.05) is 11.9 Å². The molecule has 0 aliphatic heterocycles. The first-order chi connectivity index (χ1) is 26.2. The van der Waals surface area contributed by atoms with Gasteiger partial charge in [0.05, 0.1) is 11.7 Å². The van der Waals surface area contributed by atoms with Crippen LogP contribution in [0.4, 0.5) is 45.5 Å². The molecule has 56 heavy (non-hydrogen) atoms. The van der Waals surface area contributed by atoms with Crippen molar-refractivity contribution in [2.24, 2.45) is 5.92 Å². The van der Waals surface area contributed by atoms with Gasteiger partial charge in [0.25, 0.3) is 12.3 Å². The first kappa shape index (κ1) is 40.0. The van der Waals surface area contributed by atoms with Gasteiger partial charge in [-0.2, -0.15) is 27.1 Å². The van der Waals surface area contributed by atoms with Crippen molar-refractivity contribution < 1.29 is 49.4 Å². The minimum absolute atomic E-state index is 0.00476. The maximum Gasteiger partial charge on any atom is 0.405 e. The van der Waals surface area contributed by atoms with Crippen LogP contribution in [0.3, 0.4) is 0 Å². The molecule has 10 nitrogen and oxygen atoms in total. The van der Waals surface area contributed by atoms with Crippen LogP contribution in [0.25, 0.3) is 16.8 Å². The van der Waals surface area contributed by atoms with E-state index in [0.29, 0.717) is 10.7 Å². The Kier molecular flexibility index (Phi) is 10.8. The standard InChI is InChI=1S/C37H33F9N8O2/c1-4-20-15-26-30(32(40)41)52-54(31(26)37(20,45)46)17-28(55)49-27(14-19-12-21(38)16-22(39)13-19)29-24(8-7-23(48-29)9-10-35(2,3)56)25-6-5-11-53-33(25)50-51-34(53)47-18-36(42,43)44/h5-8,11-13,16,20,27,32,56H,4,14-15,17-18H2,1-3H3,(H,47,51)(H,49,55). The number of aromatic nitrogens is 6. The lowest BCUT2D eigenvalue weighted by atomic mass is 9.95. The van der Waals surface area contributed by atoms with E-state index in [-0.39, 0.29) is 64.5 Å². The van der Waals surface area contributed by atoms with Crippen LogP contribution in [-0.2, 0) is 30.1 Å². The molecule has 0 saturated heterocycles. The van der Waals surface area contributed by atoms with E-state index in [1.807, 2.05) is 0 Å². The summed E-state index contributed by atoms with van der Waals surface area (Å²) in [4.78, 5) is 18.5. The Morgan fingerprint density at radius 2 is 1.77 bits per heavy atom. The number of pyridine rings is 2. The van der Waals surface area contributed by atoms with Crippen LogP contribution in [0.2, 0.25) is 0 Å². The first-order valence-electron chi connectivity index (χ1n) is 17.2.